The predicted molar refractivity (Wildman–Crippen MR) is 88.3 cm³/mol. The molecule has 2 nitrogen and oxygen atoms in total. The highest BCUT2D eigenvalue weighted by Crippen LogP contribution is 2.39. The van der Waals surface area contributed by atoms with Crippen molar-refractivity contribution >= 4 is 11.3 Å². The molecule has 0 fully saturated rings. The molecule has 1 heterocycles. The first-order chi connectivity index (χ1) is 10.3. The Kier molecular flexibility index (Phi) is 3.09. The number of thiazole rings is 1. The number of nitrogens with two attached hydrogens (primary N) is 1. The molecular weight excluding hydrogens is 276 g/mol. The van der Waals surface area contributed by atoms with Crippen LogP contribution in [-0.4, -0.2) is 4.98 Å². The molecule has 0 amide bonds. The molecule has 0 radical (unpaired) electrons. The number of hydrogen-bond acceptors (Lipinski definition) is 3. The maximum Gasteiger partial charge on any atom is 0.124 e. The zero-order valence-corrected chi connectivity index (χ0v) is 12.5. The summed E-state index contributed by atoms with van der Waals surface area (Å²) in [6, 6.07) is 17.0. The highest BCUT2D eigenvalue weighted by Gasteiger charge is 2.20. The van der Waals surface area contributed by atoms with Crippen LogP contribution in [0.5, 0.6) is 0 Å². The molecule has 0 spiro atoms. The molecule has 0 saturated carbocycles. The molecule has 1 aliphatic rings. The quantitative estimate of drug-likeness (QED) is 0.774. The van der Waals surface area contributed by atoms with E-state index in [0.29, 0.717) is 6.54 Å². The summed E-state index contributed by atoms with van der Waals surface area (Å²) in [7, 11) is 0. The number of rotatable bonds is 2. The Morgan fingerprint density at radius 1 is 1.00 bits per heavy atom. The highest BCUT2D eigenvalue weighted by atomic mass is 32.1. The first-order valence-corrected chi connectivity index (χ1v) is 8.04. The molecule has 2 N–H and O–H groups in total. The minimum absolute atomic E-state index is 0.585. The lowest BCUT2D eigenvalue weighted by Crippen LogP contribution is -2.01. The van der Waals surface area contributed by atoms with Crippen molar-refractivity contribution in [1.29, 1.82) is 0 Å². The lowest BCUT2D eigenvalue weighted by molar-refractivity contribution is 0.955. The fraction of sp³-hybridized carbons (Fsp3) is 0.167. The third kappa shape index (κ3) is 2.19. The van der Waals surface area contributed by atoms with Crippen molar-refractivity contribution in [3.8, 4) is 21.8 Å². The van der Waals surface area contributed by atoms with Gasteiger partial charge in [-0.05, 0) is 24.0 Å². The van der Waals surface area contributed by atoms with Crippen LogP contribution in [0.25, 0.3) is 21.8 Å². The van der Waals surface area contributed by atoms with Gasteiger partial charge in [-0.3, -0.25) is 0 Å². The fourth-order valence-corrected chi connectivity index (χ4v) is 3.94. The molecule has 1 aliphatic carbocycles. The maximum absolute atomic E-state index is 5.66. The van der Waals surface area contributed by atoms with E-state index in [0.717, 1.165) is 23.4 Å². The van der Waals surface area contributed by atoms with Crippen LogP contribution in [0.3, 0.4) is 0 Å². The Balaban J connectivity index is 1.79. The summed E-state index contributed by atoms with van der Waals surface area (Å²) in [5.74, 6) is 0. The summed E-state index contributed by atoms with van der Waals surface area (Å²) in [5.41, 5.74) is 11.9. The van der Waals surface area contributed by atoms with Crippen LogP contribution < -0.4 is 5.73 Å². The lowest BCUT2D eigenvalue weighted by atomic mass is 9.94. The van der Waals surface area contributed by atoms with Gasteiger partial charge in [-0.15, -0.1) is 11.3 Å². The second-order valence-corrected chi connectivity index (χ2v) is 6.43. The van der Waals surface area contributed by atoms with Gasteiger partial charge < -0.3 is 5.73 Å². The van der Waals surface area contributed by atoms with Crippen LogP contribution in [-0.2, 0) is 19.4 Å². The Labute approximate surface area is 128 Å². The number of benzene rings is 2. The minimum atomic E-state index is 0.585. The van der Waals surface area contributed by atoms with E-state index in [1.54, 1.807) is 0 Å². The van der Waals surface area contributed by atoms with Crippen molar-refractivity contribution in [3.05, 3.63) is 64.5 Å². The van der Waals surface area contributed by atoms with Crippen LogP contribution in [0.15, 0.2) is 48.5 Å². The number of fused-ring (bicyclic) bond motifs is 3. The molecule has 0 unspecified atom stereocenters. The van der Waals surface area contributed by atoms with Crippen molar-refractivity contribution in [1.82, 2.24) is 4.98 Å². The van der Waals surface area contributed by atoms with E-state index in [-0.39, 0.29) is 0 Å². The Morgan fingerprint density at radius 3 is 2.62 bits per heavy atom. The van der Waals surface area contributed by atoms with Crippen LogP contribution in [0.1, 0.15) is 16.0 Å². The molecule has 3 heteroatoms. The molecule has 21 heavy (non-hydrogen) atoms. The summed E-state index contributed by atoms with van der Waals surface area (Å²) in [5, 5.41) is 1.11. The van der Waals surface area contributed by atoms with Gasteiger partial charge in [0.25, 0.3) is 0 Å². The Hall–Kier alpha value is -1.97. The van der Waals surface area contributed by atoms with Crippen molar-refractivity contribution in [2.45, 2.75) is 19.4 Å². The number of hydrogen-bond donors (Lipinski definition) is 1. The van der Waals surface area contributed by atoms with E-state index in [4.69, 9.17) is 10.7 Å². The number of nitrogens with zero attached hydrogens (tertiary/aromatic N) is 1. The van der Waals surface area contributed by atoms with Crippen molar-refractivity contribution in [3.63, 3.8) is 0 Å². The average molecular weight is 292 g/mol. The Bertz CT molecular complexity index is 787. The van der Waals surface area contributed by atoms with Gasteiger partial charge in [-0.25, -0.2) is 4.98 Å². The lowest BCUT2D eigenvalue weighted by Gasteiger charge is -2.13. The molecule has 0 aliphatic heterocycles. The van der Waals surface area contributed by atoms with Gasteiger partial charge in [0.15, 0.2) is 0 Å². The maximum atomic E-state index is 5.66. The van der Waals surface area contributed by atoms with Crippen molar-refractivity contribution < 1.29 is 0 Å². The first kappa shape index (κ1) is 12.7. The highest BCUT2D eigenvalue weighted by molar-refractivity contribution is 7.15. The molecule has 104 valence electrons. The normalized spacial score (nSPS) is 12.8. The van der Waals surface area contributed by atoms with E-state index >= 15 is 0 Å². The zero-order chi connectivity index (χ0) is 14.2. The second-order valence-electron chi connectivity index (χ2n) is 5.35. The third-order valence-corrected chi connectivity index (χ3v) is 5.19. The Morgan fingerprint density at radius 2 is 1.81 bits per heavy atom. The van der Waals surface area contributed by atoms with E-state index in [1.165, 1.54) is 27.3 Å². The van der Waals surface area contributed by atoms with Crippen molar-refractivity contribution in [2.75, 3.05) is 0 Å². The monoisotopic (exact) mass is 292 g/mol. The van der Waals surface area contributed by atoms with Gasteiger partial charge in [0.2, 0.25) is 0 Å². The van der Waals surface area contributed by atoms with Gasteiger partial charge >= 0.3 is 0 Å². The summed E-state index contributed by atoms with van der Waals surface area (Å²) in [4.78, 5) is 6.31. The number of aryl methyl sites for hydroxylation is 2. The SMILES string of the molecule is NCc1ccc(-c2nc3c(s2)CCc2ccccc2-3)cc1. The fourth-order valence-electron chi connectivity index (χ4n) is 2.86. The molecular formula is C18H16N2S. The third-order valence-electron chi connectivity index (χ3n) is 4.03. The summed E-state index contributed by atoms with van der Waals surface area (Å²) < 4.78 is 0. The van der Waals surface area contributed by atoms with Gasteiger partial charge in [-0.1, -0.05) is 48.5 Å². The van der Waals surface area contributed by atoms with Crippen LogP contribution in [0.2, 0.25) is 0 Å². The topological polar surface area (TPSA) is 38.9 Å². The van der Waals surface area contributed by atoms with Crippen molar-refractivity contribution in [2.24, 2.45) is 5.73 Å². The van der Waals surface area contributed by atoms with Crippen LogP contribution in [0, 0.1) is 0 Å². The van der Waals surface area contributed by atoms with E-state index in [9.17, 15) is 0 Å². The first-order valence-electron chi connectivity index (χ1n) is 7.22. The molecule has 0 atom stereocenters. The van der Waals surface area contributed by atoms with Gasteiger partial charge in [-0.2, -0.15) is 0 Å². The van der Waals surface area contributed by atoms with Gasteiger partial charge in [0.1, 0.15) is 5.01 Å². The molecule has 1 aromatic heterocycles. The zero-order valence-electron chi connectivity index (χ0n) is 11.7. The summed E-state index contributed by atoms with van der Waals surface area (Å²) >= 11 is 1.82. The van der Waals surface area contributed by atoms with Crippen LogP contribution in [0.4, 0.5) is 0 Å². The molecule has 0 saturated heterocycles. The standard InChI is InChI=1S/C18H16N2S/c19-11-12-5-7-14(8-6-12)18-20-17-15-4-2-1-3-13(15)9-10-16(17)21-18/h1-8H,9-11,19H2. The predicted octanol–water partition coefficient (Wildman–Crippen LogP) is 4.03. The van der Waals surface area contributed by atoms with Crippen LogP contribution >= 0.6 is 11.3 Å². The van der Waals surface area contributed by atoms with E-state index in [2.05, 4.69) is 48.5 Å². The summed E-state index contributed by atoms with van der Waals surface area (Å²) in [6.45, 7) is 0.585. The minimum Gasteiger partial charge on any atom is -0.326 e. The van der Waals surface area contributed by atoms with E-state index in [1.807, 2.05) is 11.3 Å². The van der Waals surface area contributed by atoms with Gasteiger partial charge in [0, 0.05) is 22.5 Å². The second kappa shape index (κ2) is 5.10. The summed E-state index contributed by atoms with van der Waals surface area (Å²) in [6.07, 6.45) is 2.22. The average Bonchev–Trinajstić information content (AvgIpc) is 2.99. The molecule has 3 aromatic rings. The number of aromatic nitrogens is 1. The molecule has 4 rings (SSSR count). The molecule has 2 aromatic carbocycles. The van der Waals surface area contributed by atoms with Gasteiger partial charge in [0.05, 0.1) is 5.69 Å². The smallest absolute Gasteiger partial charge is 0.124 e. The largest absolute Gasteiger partial charge is 0.326 e. The molecule has 0 bridgehead atoms. The van der Waals surface area contributed by atoms with E-state index < -0.39 is 0 Å².